The van der Waals surface area contributed by atoms with E-state index in [2.05, 4.69) is 0 Å². The summed E-state index contributed by atoms with van der Waals surface area (Å²) in [5.41, 5.74) is -0.424. The molecule has 4 nitrogen and oxygen atoms in total. The molecule has 0 bridgehead atoms. The van der Waals surface area contributed by atoms with Crippen molar-refractivity contribution >= 4 is 17.5 Å². The number of carbonyl (C=O) groups is 1. The lowest BCUT2D eigenvalue weighted by Gasteiger charge is -2.42. The molecule has 0 aromatic rings. The van der Waals surface area contributed by atoms with Gasteiger partial charge in [-0.25, -0.2) is 0 Å². The van der Waals surface area contributed by atoms with Crippen LogP contribution in [0.4, 0.5) is 0 Å². The fourth-order valence-electron chi connectivity index (χ4n) is 1.81. The van der Waals surface area contributed by atoms with Gasteiger partial charge >= 0.3 is 0 Å². The summed E-state index contributed by atoms with van der Waals surface area (Å²) in [6.07, 6.45) is -0.312. The predicted octanol–water partition coefficient (Wildman–Crippen LogP) is 0.612. The van der Waals surface area contributed by atoms with Crippen LogP contribution >= 0.6 is 11.6 Å². The molecule has 15 heavy (non-hydrogen) atoms. The topological polar surface area (TPSA) is 49.8 Å². The van der Waals surface area contributed by atoms with Gasteiger partial charge in [-0.1, -0.05) is 0 Å². The summed E-state index contributed by atoms with van der Waals surface area (Å²) < 4.78 is 5.60. The SMILES string of the molecule is CC(Cl)C(=O)N1CC(CO)OC(C)(C)C1. The quantitative estimate of drug-likeness (QED) is 0.714. The number of hydrogen-bond acceptors (Lipinski definition) is 3. The Bertz CT molecular complexity index is 243. The van der Waals surface area contributed by atoms with Gasteiger partial charge < -0.3 is 14.7 Å². The van der Waals surface area contributed by atoms with E-state index in [1.54, 1.807) is 11.8 Å². The average molecular weight is 236 g/mol. The highest BCUT2D eigenvalue weighted by Crippen LogP contribution is 2.21. The highest BCUT2D eigenvalue weighted by molar-refractivity contribution is 6.30. The number of morpholine rings is 1. The molecule has 88 valence electrons. The maximum atomic E-state index is 11.7. The number of hydrogen-bond donors (Lipinski definition) is 1. The lowest BCUT2D eigenvalue weighted by molar-refractivity contribution is -0.166. The molecule has 0 aromatic heterocycles. The van der Waals surface area contributed by atoms with E-state index in [1.807, 2.05) is 13.8 Å². The van der Waals surface area contributed by atoms with E-state index in [1.165, 1.54) is 0 Å². The fourth-order valence-corrected chi connectivity index (χ4v) is 1.95. The molecule has 1 heterocycles. The molecule has 0 spiro atoms. The molecule has 0 aliphatic carbocycles. The molecular formula is C10H18ClNO3. The number of carbonyl (C=O) groups excluding carboxylic acids is 1. The zero-order valence-corrected chi connectivity index (χ0v) is 10.1. The summed E-state index contributed by atoms with van der Waals surface area (Å²) in [5, 5.41) is 8.54. The molecular weight excluding hydrogens is 218 g/mol. The van der Waals surface area contributed by atoms with Crippen LogP contribution in [-0.4, -0.2) is 52.7 Å². The van der Waals surface area contributed by atoms with Gasteiger partial charge in [-0.05, 0) is 20.8 Å². The van der Waals surface area contributed by atoms with Crippen molar-refractivity contribution in [2.24, 2.45) is 0 Å². The third kappa shape index (κ3) is 3.33. The van der Waals surface area contributed by atoms with Crippen molar-refractivity contribution in [1.29, 1.82) is 0 Å². The highest BCUT2D eigenvalue weighted by atomic mass is 35.5. The zero-order valence-electron chi connectivity index (χ0n) is 9.36. The number of rotatable bonds is 2. The second kappa shape index (κ2) is 4.68. The summed E-state index contributed by atoms with van der Waals surface area (Å²) in [4.78, 5) is 13.4. The number of aliphatic hydroxyl groups is 1. The molecule has 1 amide bonds. The van der Waals surface area contributed by atoms with Crippen molar-refractivity contribution in [2.45, 2.75) is 37.9 Å². The molecule has 2 atom stereocenters. The third-order valence-electron chi connectivity index (χ3n) is 2.34. The minimum Gasteiger partial charge on any atom is -0.394 e. The molecule has 0 saturated carbocycles. The first-order valence-corrected chi connectivity index (χ1v) is 5.51. The number of halogens is 1. The van der Waals surface area contributed by atoms with Gasteiger partial charge in [-0.2, -0.15) is 0 Å². The van der Waals surface area contributed by atoms with E-state index in [0.29, 0.717) is 13.1 Å². The van der Waals surface area contributed by atoms with Gasteiger partial charge in [0.25, 0.3) is 0 Å². The maximum absolute atomic E-state index is 11.7. The van der Waals surface area contributed by atoms with Crippen LogP contribution in [0.3, 0.4) is 0 Å². The zero-order chi connectivity index (χ0) is 11.6. The van der Waals surface area contributed by atoms with Crippen LogP contribution in [0.1, 0.15) is 20.8 Å². The van der Waals surface area contributed by atoms with E-state index >= 15 is 0 Å². The van der Waals surface area contributed by atoms with E-state index in [-0.39, 0.29) is 18.6 Å². The Hall–Kier alpha value is -0.320. The lowest BCUT2D eigenvalue weighted by Crippen LogP contribution is -2.56. The van der Waals surface area contributed by atoms with Gasteiger partial charge in [-0.15, -0.1) is 11.6 Å². The molecule has 5 heteroatoms. The molecule has 0 aromatic carbocycles. The normalized spacial score (nSPS) is 27.5. The van der Waals surface area contributed by atoms with Gasteiger partial charge in [-0.3, -0.25) is 4.79 Å². The van der Waals surface area contributed by atoms with Crippen LogP contribution in [0.2, 0.25) is 0 Å². The number of nitrogens with zero attached hydrogens (tertiary/aromatic N) is 1. The van der Waals surface area contributed by atoms with Crippen LogP contribution in [0.25, 0.3) is 0 Å². The van der Waals surface area contributed by atoms with Crippen molar-refractivity contribution in [3.8, 4) is 0 Å². The molecule has 2 unspecified atom stereocenters. The van der Waals surface area contributed by atoms with E-state index in [4.69, 9.17) is 21.4 Å². The number of aliphatic hydroxyl groups excluding tert-OH is 1. The monoisotopic (exact) mass is 235 g/mol. The first-order chi connectivity index (χ1) is 6.85. The third-order valence-corrected chi connectivity index (χ3v) is 2.52. The first-order valence-electron chi connectivity index (χ1n) is 5.07. The van der Waals surface area contributed by atoms with E-state index < -0.39 is 11.0 Å². The Morgan fingerprint density at radius 2 is 2.33 bits per heavy atom. The Kier molecular flexibility index (Phi) is 3.98. The molecule has 1 saturated heterocycles. The minimum atomic E-state index is -0.529. The Balaban J connectivity index is 2.70. The standard InChI is InChI=1S/C10H18ClNO3/c1-7(11)9(14)12-4-8(5-13)15-10(2,3)6-12/h7-8,13H,4-6H2,1-3H3. The van der Waals surface area contributed by atoms with Crippen molar-refractivity contribution in [3.05, 3.63) is 0 Å². The van der Waals surface area contributed by atoms with Crippen LogP contribution in [0.5, 0.6) is 0 Å². The van der Waals surface area contributed by atoms with Gasteiger partial charge in [0, 0.05) is 13.1 Å². The molecule has 1 fully saturated rings. The molecule has 1 N–H and O–H groups in total. The highest BCUT2D eigenvalue weighted by Gasteiger charge is 2.36. The van der Waals surface area contributed by atoms with Crippen molar-refractivity contribution in [1.82, 2.24) is 4.90 Å². The van der Waals surface area contributed by atoms with Crippen molar-refractivity contribution < 1.29 is 14.6 Å². The second-order valence-electron chi connectivity index (χ2n) is 4.52. The molecule has 1 aliphatic heterocycles. The van der Waals surface area contributed by atoms with Gasteiger partial charge in [0.15, 0.2) is 0 Å². The number of ether oxygens (including phenoxy) is 1. The fraction of sp³-hybridized carbons (Fsp3) is 0.900. The Labute approximate surface area is 95.2 Å². The second-order valence-corrected chi connectivity index (χ2v) is 5.17. The van der Waals surface area contributed by atoms with Crippen LogP contribution in [-0.2, 0) is 9.53 Å². The molecule has 1 rings (SSSR count). The van der Waals surface area contributed by atoms with Crippen molar-refractivity contribution in [3.63, 3.8) is 0 Å². The van der Waals surface area contributed by atoms with E-state index in [9.17, 15) is 4.79 Å². The number of amides is 1. The summed E-state index contributed by atoms with van der Waals surface area (Å²) in [6, 6.07) is 0. The average Bonchev–Trinajstić information content (AvgIpc) is 2.13. The first kappa shape index (κ1) is 12.7. The summed E-state index contributed by atoms with van der Waals surface area (Å²) in [6.45, 7) is 6.29. The predicted molar refractivity (Wildman–Crippen MR) is 57.9 cm³/mol. The maximum Gasteiger partial charge on any atom is 0.240 e. The van der Waals surface area contributed by atoms with Gasteiger partial charge in [0.05, 0.1) is 18.3 Å². The summed E-state index contributed by atoms with van der Waals surface area (Å²) >= 11 is 5.75. The largest absolute Gasteiger partial charge is 0.394 e. The van der Waals surface area contributed by atoms with Crippen LogP contribution in [0.15, 0.2) is 0 Å². The smallest absolute Gasteiger partial charge is 0.240 e. The van der Waals surface area contributed by atoms with Crippen LogP contribution < -0.4 is 0 Å². The van der Waals surface area contributed by atoms with Gasteiger partial charge in [0.1, 0.15) is 5.38 Å². The van der Waals surface area contributed by atoms with E-state index in [0.717, 1.165) is 0 Å². The molecule has 1 aliphatic rings. The number of alkyl halides is 1. The Morgan fingerprint density at radius 3 is 2.80 bits per heavy atom. The van der Waals surface area contributed by atoms with Gasteiger partial charge in [0.2, 0.25) is 5.91 Å². The van der Waals surface area contributed by atoms with Crippen LogP contribution in [0, 0.1) is 0 Å². The van der Waals surface area contributed by atoms with Crippen molar-refractivity contribution in [2.75, 3.05) is 19.7 Å². The Morgan fingerprint density at radius 1 is 1.73 bits per heavy atom. The summed E-state index contributed by atoms with van der Waals surface area (Å²) in [7, 11) is 0. The molecule has 0 radical (unpaired) electrons. The minimum absolute atomic E-state index is 0.0795. The summed E-state index contributed by atoms with van der Waals surface area (Å²) in [5.74, 6) is -0.105. The lowest BCUT2D eigenvalue weighted by atomic mass is 10.0.